The minimum atomic E-state index is -0.625. The van der Waals surface area contributed by atoms with Crippen molar-refractivity contribution in [1.82, 2.24) is 0 Å². The van der Waals surface area contributed by atoms with Crippen LogP contribution in [0.25, 0.3) is 0 Å². The first-order valence-electron chi connectivity index (χ1n) is 5.97. The molecule has 0 aliphatic heterocycles. The smallest absolute Gasteiger partial charge is 0.0868 e. The van der Waals surface area contributed by atoms with Crippen LogP contribution in [0.1, 0.15) is 33.6 Å². The van der Waals surface area contributed by atoms with E-state index in [0.717, 1.165) is 0 Å². The van der Waals surface area contributed by atoms with Crippen LogP contribution in [0.3, 0.4) is 0 Å². The summed E-state index contributed by atoms with van der Waals surface area (Å²) in [5.41, 5.74) is 1.56. The first kappa shape index (κ1) is 15.1. The number of allylic oxidation sites excluding steroid dienone is 4. The van der Waals surface area contributed by atoms with Gasteiger partial charge in [-0.25, -0.2) is 0 Å². The summed E-state index contributed by atoms with van der Waals surface area (Å²) in [5, 5.41) is 17.5. The van der Waals surface area contributed by atoms with E-state index >= 15 is 0 Å². The summed E-state index contributed by atoms with van der Waals surface area (Å²) < 4.78 is 0. The first-order chi connectivity index (χ1) is 7.69. The van der Waals surface area contributed by atoms with Gasteiger partial charge in [0.1, 0.15) is 0 Å². The number of hydrogen-bond acceptors (Lipinski definition) is 2. The van der Waals surface area contributed by atoms with Crippen molar-refractivity contribution in [3.63, 3.8) is 0 Å². The maximum Gasteiger partial charge on any atom is 0.0868 e. The van der Waals surface area contributed by atoms with Gasteiger partial charge < -0.3 is 10.2 Å². The lowest BCUT2D eigenvalue weighted by Crippen LogP contribution is -2.19. The second kappa shape index (κ2) is 9.37. The van der Waals surface area contributed by atoms with Gasteiger partial charge in [0.2, 0.25) is 0 Å². The van der Waals surface area contributed by atoms with E-state index in [0.29, 0.717) is 0 Å². The fraction of sp³-hybridized carbons (Fsp3) is 0.571. The Morgan fingerprint density at radius 3 is 2.00 bits per heavy atom. The molecule has 0 bridgehead atoms. The van der Waals surface area contributed by atoms with E-state index < -0.39 is 6.10 Å². The molecule has 1 aliphatic carbocycles. The molecule has 0 aromatic carbocycles. The largest absolute Gasteiger partial charge is 0.394 e. The van der Waals surface area contributed by atoms with Crippen LogP contribution in [0.15, 0.2) is 36.0 Å². The van der Waals surface area contributed by atoms with Gasteiger partial charge in [-0.1, -0.05) is 49.8 Å². The second-order valence-corrected chi connectivity index (χ2v) is 3.75. The summed E-state index contributed by atoms with van der Waals surface area (Å²) in [4.78, 5) is 0. The van der Waals surface area contributed by atoms with E-state index in [1.807, 2.05) is 24.3 Å². The van der Waals surface area contributed by atoms with Gasteiger partial charge in [0.05, 0.1) is 12.7 Å². The van der Waals surface area contributed by atoms with Gasteiger partial charge >= 0.3 is 0 Å². The quantitative estimate of drug-likeness (QED) is 0.721. The molecule has 0 spiro atoms. The molecule has 0 saturated heterocycles. The van der Waals surface area contributed by atoms with Gasteiger partial charge in [-0.15, -0.1) is 0 Å². The Hall–Kier alpha value is -0.860. The number of rotatable bonds is 4. The van der Waals surface area contributed by atoms with Crippen LogP contribution in [-0.4, -0.2) is 22.9 Å². The zero-order valence-electron chi connectivity index (χ0n) is 10.6. The number of aliphatic hydroxyl groups is 2. The fourth-order valence-electron chi connectivity index (χ4n) is 1.49. The monoisotopic (exact) mass is 224 g/mol. The summed E-state index contributed by atoms with van der Waals surface area (Å²) in [6.45, 7) is 6.32. The zero-order valence-corrected chi connectivity index (χ0v) is 10.6. The molecule has 0 saturated carbocycles. The fourth-order valence-corrected chi connectivity index (χ4v) is 1.49. The van der Waals surface area contributed by atoms with Crippen molar-refractivity contribution in [1.29, 1.82) is 0 Å². The Morgan fingerprint density at radius 1 is 1.25 bits per heavy atom. The lowest BCUT2D eigenvalue weighted by atomic mass is 10.1. The van der Waals surface area contributed by atoms with Crippen molar-refractivity contribution in [3.8, 4) is 0 Å². The predicted molar refractivity (Wildman–Crippen MR) is 69.2 cm³/mol. The zero-order chi connectivity index (χ0) is 12.4. The van der Waals surface area contributed by atoms with Crippen molar-refractivity contribution in [2.45, 2.75) is 39.7 Å². The highest BCUT2D eigenvalue weighted by atomic mass is 16.3. The average Bonchev–Trinajstić information content (AvgIpc) is 2.85. The van der Waals surface area contributed by atoms with Crippen LogP contribution < -0.4 is 0 Å². The molecule has 0 heterocycles. The summed E-state index contributed by atoms with van der Waals surface area (Å²) in [6.07, 6.45) is 11.5. The lowest BCUT2D eigenvalue weighted by Gasteiger charge is -2.09. The van der Waals surface area contributed by atoms with E-state index in [9.17, 15) is 0 Å². The summed E-state index contributed by atoms with van der Waals surface area (Å²) in [6, 6.07) is 0. The summed E-state index contributed by atoms with van der Waals surface area (Å²) in [5.74, 6) is 0.0231. The number of hydrogen-bond donors (Lipinski definition) is 2. The lowest BCUT2D eigenvalue weighted by molar-refractivity contribution is 0.0769. The van der Waals surface area contributed by atoms with Gasteiger partial charge in [-0.05, 0) is 19.8 Å². The second-order valence-electron chi connectivity index (χ2n) is 3.75. The van der Waals surface area contributed by atoms with Gasteiger partial charge in [-0.3, -0.25) is 0 Å². The predicted octanol–water partition coefficient (Wildman–Crippen LogP) is 2.83. The molecular formula is C14H24O2. The number of aliphatic hydroxyl groups excluding tert-OH is 2. The van der Waals surface area contributed by atoms with Crippen molar-refractivity contribution < 1.29 is 10.2 Å². The van der Waals surface area contributed by atoms with E-state index in [-0.39, 0.29) is 12.5 Å². The van der Waals surface area contributed by atoms with Crippen molar-refractivity contribution in [2.24, 2.45) is 5.92 Å². The van der Waals surface area contributed by atoms with Crippen LogP contribution in [0.4, 0.5) is 0 Å². The summed E-state index contributed by atoms with van der Waals surface area (Å²) >= 11 is 0. The third kappa shape index (κ3) is 5.89. The Balaban J connectivity index is 0.000000293. The van der Waals surface area contributed by atoms with E-state index in [1.54, 1.807) is 5.57 Å². The standard InChI is InChI=1S/C7H10O2.C7H14/c8-5-7(9)6-3-1-2-4-6;1-4-7(5-2)6-3/h1-4,6-9H,5H2;4H,5-6H2,1-3H3. The van der Waals surface area contributed by atoms with E-state index in [1.165, 1.54) is 12.8 Å². The molecule has 1 rings (SSSR count). The molecule has 0 aromatic heterocycles. The molecular weight excluding hydrogens is 200 g/mol. The maximum absolute atomic E-state index is 9.01. The first-order valence-corrected chi connectivity index (χ1v) is 5.97. The molecule has 0 fully saturated rings. The van der Waals surface area contributed by atoms with Crippen LogP contribution in [0, 0.1) is 5.92 Å². The van der Waals surface area contributed by atoms with E-state index in [4.69, 9.17) is 10.2 Å². The topological polar surface area (TPSA) is 40.5 Å². The molecule has 2 nitrogen and oxygen atoms in total. The minimum absolute atomic E-state index is 0.0231. The summed E-state index contributed by atoms with van der Waals surface area (Å²) in [7, 11) is 0. The van der Waals surface area contributed by atoms with Gasteiger partial charge in [-0.2, -0.15) is 0 Å². The van der Waals surface area contributed by atoms with Crippen LogP contribution in [0.2, 0.25) is 0 Å². The third-order valence-electron chi connectivity index (χ3n) is 2.73. The van der Waals surface area contributed by atoms with E-state index in [2.05, 4.69) is 26.8 Å². The average molecular weight is 224 g/mol. The normalized spacial score (nSPS) is 15.6. The molecule has 0 aromatic rings. The van der Waals surface area contributed by atoms with Crippen LogP contribution in [0.5, 0.6) is 0 Å². The minimum Gasteiger partial charge on any atom is -0.394 e. The van der Waals surface area contributed by atoms with Crippen molar-refractivity contribution in [2.75, 3.05) is 6.61 Å². The molecule has 2 heteroatoms. The highest BCUT2D eigenvalue weighted by Gasteiger charge is 2.13. The highest BCUT2D eigenvalue weighted by molar-refractivity contribution is 5.18. The molecule has 16 heavy (non-hydrogen) atoms. The molecule has 1 atom stereocenters. The molecule has 1 aliphatic rings. The van der Waals surface area contributed by atoms with Gasteiger partial charge in [0.15, 0.2) is 0 Å². The third-order valence-corrected chi connectivity index (χ3v) is 2.73. The van der Waals surface area contributed by atoms with Gasteiger partial charge in [0, 0.05) is 5.92 Å². The Kier molecular flexibility index (Phi) is 8.87. The van der Waals surface area contributed by atoms with Crippen molar-refractivity contribution in [3.05, 3.63) is 36.0 Å². The molecule has 1 unspecified atom stereocenters. The van der Waals surface area contributed by atoms with Gasteiger partial charge in [0.25, 0.3) is 0 Å². The van der Waals surface area contributed by atoms with Crippen LogP contribution >= 0.6 is 0 Å². The highest BCUT2D eigenvalue weighted by Crippen LogP contribution is 2.12. The Labute approximate surface area is 99.0 Å². The Bertz CT molecular complexity index is 233. The van der Waals surface area contributed by atoms with Crippen LogP contribution in [-0.2, 0) is 0 Å². The SMILES string of the molecule is CC=C(CC)CC.OCC(O)C1C=CC=C1. The molecule has 2 N–H and O–H groups in total. The maximum atomic E-state index is 9.01. The van der Waals surface area contributed by atoms with Crippen molar-refractivity contribution >= 4 is 0 Å². The Morgan fingerprint density at radius 2 is 1.75 bits per heavy atom. The molecule has 0 amide bonds. The molecule has 0 radical (unpaired) electrons. The molecule has 92 valence electrons.